The molecule has 0 atom stereocenters. The molecular weight excluding hydrogens is 327 g/mol. The van der Waals surface area contributed by atoms with E-state index >= 15 is 0 Å². The topological polar surface area (TPSA) is 80.7 Å². The third kappa shape index (κ3) is 4.34. The molecule has 112 valence electrons. The summed E-state index contributed by atoms with van der Waals surface area (Å²) >= 11 is 11.5. The van der Waals surface area contributed by atoms with Crippen LogP contribution in [0.2, 0.25) is 10.0 Å². The van der Waals surface area contributed by atoms with Crippen molar-refractivity contribution in [1.29, 1.82) is 0 Å². The molecule has 0 spiro atoms. The zero-order valence-corrected chi connectivity index (χ0v) is 13.1. The highest BCUT2D eigenvalue weighted by Gasteiger charge is 2.22. The molecule has 0 saturated heterocycles. The van der Waals surface area contributed by atoms with Gasteiger partial charge in [-0.05, 0) is 18.6 Å². The molecule has 0 aromatic heterocycles. The van der Waals surface area contributed by atoms with Crippen LogP contribution in [0, 0.1) is 0 Å². The predicted octanol–water partition coefficient (Wildman–Crippen LogP) is 2.89. The Bertz CT molecular complexity index is 598. The summed E-state index contributed by atoms with van der Waals surface area (Å²) < 4.78 is 29.3. The largest absolute Gasteiger partial charge is 0.478 e. The number of hydrogen-bond donors (Lipinski definition) is 1. The molecule has 0 aliphatic carbocycles. The first kappa shape index (κ1) is 17.2. The van der Waals surface area contributed by atoms with Crippen LogP contribution in [-0.2, 0) is 14.6 Å². The fourth-order valence-electron chi connectivity index (χ4n) is 1.46. The van der Waals surface area contributed by atoms with E-state index in [0.29, 0.717) is 6.61 Å². The van der Waals surface area contributed by atoms with Gasteiger partial charge in [0, 0.05) is 6.61 Å². The summed E-state index contributed by atoms with van der Waals surface area (Å²) in [4.78, 5) is 10.7. The Morgan fingerprint density at radius 2 is 1.90 bits per heavy atom. The molecule has 0 radical (unpaired) electrons. The van der Waals surface area contributed by atoms with Crippen LogP contribution < -0.4 is 0 Å². The molecule has 8 heteroatoms. The molecule has 0 unspecified atom stereocenters. The number of carboxylic acids is 1. The number of hydrogen-bond acceptors (Lipinski definition) is 4. The zero-order chi connectivity index (χ0) is 15.3. The second-order valence-corrected chi connectivity index (χ2v) is 6.89. The molecule has 20 heavy (non-hydrogen) atoms. The van der Waals surface area contributed by atoms with E-state index in [4.69, 9.17) is 33.0 Å². The molecule has 5 nitrogen and oxygen atoms in total. The van der Waals surface area contributed by atoms with Crippen LogP contribution in [-0.4, -0.2) is 38.5 Å². The number of sulfone groups is 1. The standard InChI is InChI=1S/C12H14Cl2O5S/c1-2-3-19-4-5-20(17,18)11-6-8(12(15)16)9(13)7-10(11)14/h6-7H,2-5H2,1H3,(H,15,16). The van der Waals surface area contributed by atoms with Crippen LogP contribution in [0.25, 0.3) is 0 Å². The summed E-state index contributed by atoms with van der Waals surface area (Å²) in [5.74, 6) is -1.58. The van der Waals surface area contributed by atoms with Crippen LogP contribution in [0.1, 0.15) is 23.7 Å². The Morgan fingerprint density at radius 3 is 2.45 bits per heavy atom. The Balaban J connectivity index is 3.05. The van der Waals surface area contributed by atoms with E-state index in [1.54, 1.807) is 0 Å². The van der Waals surface area contributed by atoms with Gasteiger partial charge in [0.15, 0.2) is 9.84 Å². The maximum absolute atomic E-state index is 12.1. The van der Waals surface area contributed by atoms with Crippen molar-refractivity contribution in [3.05, 3.63) is 27.7 Å². The van der Waals surface area contributed by atoms with Crippen molar-refractivity contribution in [2.45, 2.75) is 18.2 Å². The van der Waals surface area contributed by atoms with Gasteiger partial charge in [0.25, 0.3) is 0 Å². The van der Waals surface area contributed by atoms with Crippen LogP contribution in [0.15, 0.2) is 17.0 Å². The molecule has 0 bridgehead atoms. The number of rotatable bonds is 7. The Labute approximate surface area is 127 Å². The summed E-state index contributed by atoms with van der Waals surface area (Å²) in [6, 6.07) is 2.09. The Morgan fingerprint density at radius 1 is 1.25 bits per heavy atom. The van der Waals surface area contributed by atoms with Crippen molar-refractivity contribution in [2.75, 3.05) is 19.0 Å². The zero-order valence-electron chi connectivity index (χ0n) is 10.7. The lowest BCUT2D eigenvalue weighted by molar-refractivity contribution is 0.0697. The first-order valence-electron chi connectivity index (χ1n) is 5.82. The second kappa shape index (κ2) is 7.26. The Kier molecular flexibility index (Phi) is 6.26. The summed E-state index contributed by atoms with van der Waals surface area (Å²) in [6.07, 6.45) is 0.783. The van der Waals surface area contributed by atoms with E-state index in [1.165, 1.54) is 0 Å². The van der Waals surface area contributed by atoms with Crippen molar-refractivity contribution in [1.82, 2.24) is 0 Å². The summed E-state index contributed by atoms with van der Waals surface area (Å²) in [6.45, 7) is 2.39. The third-order valence-electron chi connectivity index (χ3n) is 2.43. The third-order valence-corrected chi connectivity index (χ3v) is 4.88. The van der Waals surface area contributed by atoms with E-state index in [0.717, 1.165) is 18.6 Å². The lowest BCUT2D eigenvalue weighted by Crippen LogP contribution is -2.14. The van der Waals surface area contributed by atoms with Gasteiger partial charge in [0.05, 0.1) is 32.9 Å². The van der Waals surface area contributed by atoms with Gasteiger partial charge in [-0.1, -0.05) is 30.1 Å². The summed E-state index contributed by atoms with van der Waals surface area (Å²) in [7, 11) is -3.72. The minimum Gasteiger partial charge on any atom is -0.478 e. The first-order chi connectivity index (χ1) is 9.29. The highest BCUT2D eigenvalue weighted by atomic mass is 35.5. The molecule has 0 aliphatic rings. The SMILES string of the molecule is CCCOCCS(=O)(=O)c1cc(C(=O)O)c(Cl)cc1Cl. The summed E-state index contributed by atoms with van der Waals surface area (Å²) in [5.41, 5.74) is -0.302. The number of halogens is 2. The lowest BCUT2D eigenvalue weighted by atomic mass is 10.2. The maximum Gasteiger partial charge on any atom is 0.337 e. The molecule has 0 fully saturated rings. The van der Waals surface area contributed by atoms with Gasteiger partial charge in [-0.25, -0.2) is 13.2 Å². The van der Waals surface area contributed by atoms with Crippen LogP contribution in [0.4, 0.5) is 0 Å². The van der Waals surface area contributed by atoms with Gasteiger partial charge in [0.2, 0.25) is 0 Å². The van der Waals surface area contributed by atoms with Crippen molar-refractivity contribution in [3.8, 4) is 0 Å². The van der Waals surface area contributed by atoms with Crippen molar-refractivity contribution < 1.29 is 23.1 Å². The molecule has 0 amide bonds. The van der Waals surface area contributed by atoms with Gasteiger partial charge in [-0.15, -0.1) is 0 Å². The fraction of sp³-hybridized carbons (Fsp3) is 0.417. The lowest BCUT2D eigenvalue weighted by Gasteiger charge is -2.09. The number of aromatic carboxylic acids is 1. The molecule has 1 aromatic carbocycles. The van der Waals surface area contributed by atoms with E-state index in [9.17, 15) is 13.2 Å². The summed E-state index contributed by atoms with van der Waals surface area (Å²) in [5, 5.41) is 8.74. The van der Waals surface area contributed by atoms with Crippen LogP contribution >= 0.6 is 23.2 Å². The van der Waals surface area contributed by atoms with Gasteiger partial charge in [-0.3, -0.25) is 0 Å². The average molecular weight is 341 g/mol. The minimum absolute atomic E-state index is 0.0253. The van der Waals surface area contributed by atoms with E-state index in [1.807, 2.05) is 6.92 Å². The maximum atomic E-state index is 12.1. The van der Waals surface area contributed by atoms with E-state index < -0.39 is 15.8 Å². The van der Waals surface area contributed by atoms with Gasteiger partial charge < -0.3 is 9.84 Å². The van der Waals surface area contributed by atoms with E-state index in [2.05, 4.69) is 0 Å². The molecule has 1 N–H and O–H groups in total. The molecule has 1 rings (SSSR count). The normalized spacial score (nSPS) is 11.6. The number of benzene rings is 1. The van der Waals surface area contributed by atoms with Gasteiger partial charge >= 0.3 is 5.97 Å². The minimum atomic E-state index is -3.72. The molecule has 0 saturated carbocycles. The molecule has 1 aromatic rings. The van der Waals surface area contributed by atoms with Crippen molar-refractivity contribution in [3.63, 3.8) is 0 Å². The van der Waals surface area contributed by atoms with Crippen LogP contribution in [0.5, 0.6) is 0 Å². The predicted molar refractivity (Wildman–Crippen MR) is 76.6 cm³/mol. The van der Waals surface area contributed by atoms with Crippen LogP contribution in [0.3, 0.4) is 0 Å². The second-order valence-electron chi connectivity index (χ2n) is 4.00. The average Bonchev–Trinajstić information content (AvgIpc) is 2.33. The van der Waals surface area contributed by atoms with Crippen molar-refractivity contribution in [2.24, 2.45) is 0 Å². The number of carboxylic acid groups (broad SMARTS) is 1. The fourth-order valence-corrected chi connectivity index (χ4v) is 3.48. The number of ether oxygens (including phenoxy) is 1. The molecule has 0 heterocycles. The monoisotopic (exact) mass is 340 g/mol. The van der Waals surface area contributed by atoms with Crippen molar-refractivity contribution >= 4 is 39.0 Å². The smallest absolute Gasteiger partial charge is 0.337 e. The highest BCUT2D eigenvalue weighted by molar-refractivity contribution is 7.91. The van der Waals surface area contributed by atoms with Gasteiger partial charge in [-0.2, -0.15) is 0 Å². The quantitative estimate of drug-likeness (QED) is 0.772. The van der Waals surface area contributed by atoms with E-state index in [-0.39, 0.29) is 32.9 Å². The first-order valence-corrected chi connectivity index (χ1v) is 8.23. The molecular formula is C12H14Cl2O5S. The molecule has 0 aliphatic heterocycles. The number of carbonyl (C=O) groups is 1. The van der Waals surface area contributed by atoms with Gasteiger partial charge in [0.1, 0.15) is 0 Å². The highest BCUT2D eigenvalue weighted by Crippen LogP contribution is 2.29. The Hall–Kier alpha value is -0.820.